The lowest BCUT2D eigenvalue weighted by Crippen LogP contribution is -2.07. The van der Waals surface area contributed by atoms with E-state index < -0.39 is 0 Å². The Hall–Kier alpha value is 0. The first kappa shape index (κ1) is 15.5. The third-order valence-electron chi connectivity index (χ3n) is 2.81. The van der Waals surface area contributed by atoms with E-state index in [1.54, 1.807) is 0 Å². The molecule has 0 amide bonds. The van der Waals surface area contributed by atoms with Gasteiger partial charge >= 0.3 is 0 Å². The standard InChI is InChI=1S/C11H24.C2H6/c1-6-10(4)11(5)8-7-9(2)3;1-2/h9-11H,6-8H2,1-5H3;1-2H3. The summed E-state index contributed by atoms with van der Waals surface area (Å²) >= 11 is 0. The third-order valence-corrected chi connectivity index (χ3v) is 2.81. The predicted molar refractivity (Wildman–Crippen MR) is 64.0 cm³/mol. The topological polar surface area (TPSA) is 0 Å². The summed E-state index contributed by atoms with van der Waals surface area (Å²) in [7, 11) is 0. The highest BCUT2D eigenvalue weighted by atomic mass is 14.2. The number of hydrogen-bond acceptors (Lipinski definition) is 0. The van der Waals surface area contributed by atoms with E-state index >= 15 is 0 Å². The Morgan fingerprint density at radius 2 is 1.23 bits per heavy atom. The average molecular weight is 186 g/mol. The zero-order chi connectivity index (χ0) is 10.9. The molecular formula is C13H30. The molecule has 0 aliphatic heterocycles. The van der Waals surface area contributed by atoms with Crippen molar-refractivity contribution in [3.63, 3.8) is 0 Å². The molecule has 0 fully saturated rings. The summed E-state index contributed by atoms with van der Waals surface area (Å²) in [6, 6.07) is 0. The van der Waals surface area contributed by atoms with E-state index in [-0.39, 0.29) is 0 Å². The highest BCUT2D eigenvalue weighted by Crippen LogP contribution is 2.21. The molecule has 0 heterocycles. The second-order valence-electron chi connectivity index (χ2n) is 4.33. The average Bonchev–Trinajstić information content (AvgIpc) is 2.16. The van der Waals surface area contributed by atoms with Gasteiger partial charge in [-0.25, -0.2) is 0 Å². The maximum atomic E-state index is 2.39. The summed E-state index contributed by atoms with van der Waals surface area (Å²) in [5, 5.41) is 0. The second kappa shape index (κ2) is 10.1. The van der Waals surface area contributed by atoms with Gasteiger partial charge in [0.25, 0.3) is 0 Å². The maximum absolute atomic E-state index is 2.39. The van der Waals surface area contributed by atoms with E-state index in [9.17, 15) is 0 Å². The van der Waals surface area contributed by atoms with Crippen molar-refractivity contribution in [3.05, 3.63) is 0 Å². The van der Waals surface area contributed by atoms with Crippen molar-refractivity contribution < 1.29 is 0 Å². The molecule has 13 heavy (non-hydrogen) atoms. The van der Waals surface area contributed by atoms with Crippen molar-refractivity contribution in [2.75, 3.05) is 0 Å². The second-order valence-corrected chi connectivity index (χ2v) is 4.33. The predicted octanol–water partition coefficient (Wildman–Crippen LogP) is 5.13. The fourth-order valence-electron chi connectivity index (χ4n) is 1.28. The highest BCUT2D eigenvalue weighted by Gasteiger charge is 2.09. The molecule has 0 aromatic rings. The van der Waals surface area contributed by atoms with Gasteiger partial charge in [0, 0.05) is 0 Å². The Balaban J connectivity index is 0. The molecule has 2 unspecified atom stereocenters. The summed E-state index contributed by atoms with van der Waals surface area (Å²) in [4.78, 5) is 0. The van der Waals surface area contributed by atoms with Gasteiger partial charge in [-0.1, -0.05) is 67.7 Å². The Kier molecular flexibility index (Phi) is 12.0. The highest BCUT2D eigenvalue weighted by molar-refractivity contribution is 4.61. The SMILES string of the molecule is CC.CCC(C)C(C)CCC(C)C. The van der Waals surface area contributed by atoms with Crippen molar-refractivity contribution in [1.82, 2.24) is 0 Å². The third kappa shape index (κ3) is 9.92. The molecule has 0 aromatic heterocycles. The molecule has 0 nitrogen and oxygen atoms in total. The molecule has 0 bridgehead atoms. The van der Waals surface area contributed by atoms with Crippen LogP contribution in [0.4, 0.5) is 0 Å². The first-order chi connectivity index (χ1) is 6.07. The van der Waals surface area contributed by atoms with Gasteiger partial charge in [0.1, 0.15) is 0 Å². The molecule has 0 saturated carbocycles. The molecule has 0 radical (unpaired) electrons. The lowest BCUT2D eigenvalue weighted by molar-refractivity contribution is 0.330. The Bertz CT molecular complexity index is 84.0. The molecule has 2 atom stereocenters. The van der Waals surface area contributed by atoms with Gasteiger partial charge in [-0.15, -0.1) is 0 Å². The van der Waals surface area contributed by atoms with Gasteiger partial charge in [-0.2, -0.15) is 0 Å². The van der Waals surface area contributed by atoms with Crippen molar-refractivity contribution in [3.8, 4) is 0 Å². The Morgan fingerprint density at radius 3 is 1.54 bits per heavy atom. The number of hydrogen-bond donors (Lipinski definition) is 0. The van der Waals surface area contributed by atoms with Crippen LogP contribution in [0.3, 0.4) is 0 Å². The minimum Gasteiger partial charge on any atom is -0.0683 e. The minimum absolute atomic E-state index is 0.876. The summed E-state index contributed by atoms with van der Waals surface area (Å²) in [5.74, 6) is 2.71. The van der Waals surface area contributed by atoms with Crippen LogP contribution in [0.1, 0.15) is 67.7 Å². The fourth-order valence-corrected chi connectivity index (χ4v) is 1.28. The van der Waals surface area contributed by atoms with Gasteiger partial charge in [0.2, 0.25) is 0 Å². The van der Waals surface area contributed by atoms with Gasteiger partial charge < -0.3 is 0 Å². The van der Waals surface area contributed by atoms with Gasteiger partial charge in [0.05, 0.1) is 0 Å². The van der Waals surface area contributed by atoms with Crippen molar-refractivity contribution in [2.24, 2.45) is 17.8 Å². The first-order valence-corrected chi connectivity index (χ1v) is 6.07. The lowest BCUT2D eigenvalue weighted by atomic mass is 9.88. The quantitative estimate of drug-likeness (QED) is 0.558. The largest absolute Gasteiger partial charge is 0.0683 e. The molecule has 0 saturated heterocycles. The van der Waals surface area contributed by atoms with Crippen LogP contribution in [0.5, 0.6) is 0 Å². The van der Waals surface area contributed by atoms with E-state index in [0.717, 1.165) is 17.8 Å². The van der Waals surface area contributed by atoms with Crippen LogP contribution in [-0.4, -0.2) is 0 Å². The van der Waals surface area contributed by atoms with Crippen LogP contribution in [0.2, 0.25) is 0 Å². The summed E-state index contributed by atoms with van der Waals surface area (Å²) in [5.41, 5.74) is 0. The molecule has 0 rings (SSSR count). The van der Waals surface area contributed by atoms with Crippen LogP contribution in [0.15, 0.2) is 0 Å². The van der Waals surface area contributed by atoms with Gasteiger partial charge in [-0.3, -0.25) is 0 Å². The van der Waals surface area contributed by atoms with E-state index in [1.807, 2.05) is 13.8 Å². The number of rotatable bonds is 5. The lowest BCUT2D eigenvalue weighted by Gasteiger charge is -2.18. The van der Waals surface area contributed by atoms with E-state index in [0.29, 0.717) is 0 Å². The summed E-state index contributed by atoms with van der Waals surface area (Å²) < 4.78 is 0. The van der Waals surface area contributed by atoms with Crippen molar-refractivity contribution in [2.45, 2.75) is 67.7 Å². The molecular weight excluding hydrogens is 156 g/mol. The molecule has 0 aliphatic rings. The van der Waals surface area contributed by atoms with Crippen molar-refractivity contribution in [1.29, 1.82) is 0 Å². The van der Waals surface area contributed by atoms with Crippen LogP contribution in [0, 0.1) is 17.8 Å². The van der Waals surface area contributed by atoms with Crippen LogP contribution in [-0.2, 0) is 0 Å². The van der Waals surface area contributed by atoms with Crippen LogP contribution < -0.4 is 0 Å². The molecule has 0 heteroatoms. The van der Waals surface area contributed by atoms with Crippen molar-refractivity contribution >= 4 is 0 Å². The maximum Gasteiger partial charge on any atom is -0.0417 e. The molecule has 0 aliphatic carbocycles. The Morgan fingerprint density at radius 1 is 0.769 bits per heavy atom. The summed E-state index contributed by atoms with van der Waals surface area (Å²) in [6.07, 6.45) is 4.14. The zero-order valence-corrected chi connectivity index (χ0v) is 10.9. The normalized spacial score (nSPS) is 14.8. The van der Waals surface area contributed by atoms with Crippen LogP contribution >= 0.6 is 0 Å². The minimum atomic E-state index is 0.876. The zero-order valence-electron chi connectivity index (χ0n) is 10.9. The molecule has 0 spiro atoms. The van der Waals surface area contributed by atoms with E-state index in [1.165, 1.54) is 19.3 Å². The van der Waals surface area contributed by atoms with Gasteiger partial charge in [0.15, 0.2) is 0 Å². The van der Waals surface area contributed by atoms with E-state index in [4.69, 9.17) is 0 Å². The molecule has 82 valence electrons. The molecule has 0 N–H and O–H groups in total. The smallest absolute Gasteiger partial charge is 0.0417 e. The summed E-state index contributed by atoms with van der Waals surface area (Å²) in [6.45, 7) is 15.7. The fraction of sp³-hybridized carbons (Fsp3) is 1.00. The monoisotopic (exact) mass is 186 g/mol. The molecule has 0 aromatic carbocycles. The van der Waals surface area contributed by atoms with E-state index in [2.05, 4.69) is 34.6 Å². The Labute approximate surface area is 86.1 Å². The van der Waals surface area contributed by atoms with Crippen LogP contribution in [0.25, 0.3) is 0 Å². The first-order valence-electron chi connectivity index (χ1n) is 6.07. The van der Waals surface area contributed by atoms with Gasteiger partial charge in [-0.05, 0) is 17.8 Å².